The molecule has 0 aliphatic heterocycles. The lowest BCUT2D eigenvalue weighted by Crippen LogP contribution is -2.57. The Kier molecular flexibility index (Phi) is 5.17. The zero-order valence-electron chi connectivity index (χ0n) is 18.1. The molecule has 0 radical (unpaired) electrons. The fourth-order valence-corrected chi connectivity index (χ4v) is 7.80. The molecule has 0 aromatic rings. The van der Waals surface area contributed by atoms with Crippen LogP contribution in [-0.4, -0.2) is 48.2 Å². The van der Waals surface area contributed by atoms with Crippen molar-refractivity contribution in [2.45, 2.75) is 64.8 Å². The summed E-state index contributed by atoms with van der Waals surface area (Å²) in [6, 6.07) is 0. The van der Waals surface area contributed by atoms with Crippen LogP contribution in [0.4, 0.5) is 0 Å². The largest absolute Gasteiger partial charge is 0.356 e. The van der Waals surface area contributed by atoms with Gasteiger partial charge in [-0.1, -0.05) is 19.4 Å². The molecule has 0 saturated heterocycles. The number of fused-ring (bicyclic) bond motifs is 5. The highest BCUT2D eigenvalue weighted by molar-refractivity contribution is 7.86. The maximum absolute atomic E-state index is 13.5. The molecule has 0 heterocycles. The fraction of sp³-hybridized carbons (Fsp3) is 0.773. The molecule has 3 fully saturated rings. The second-order valence-electron chi connectivity index (χ2n) is 10.4. The van der Waals surface area contributed by atoms with Gasteiger partial charge in [-0.2, -0.15) is 8.42 Å². The lowest BCUT2D eigenvalue weighted by atomic mass is 9.46. The monoisotopic (exact) mass is 454 g/mol. The van der Waals surface area contributed by atoms with Crippen molar-refractivity contribution in [3.63, 3.8) is 0 Å². The summed E-state index contributed by atoms with van der Waals surface area (Å²) in [6.45, 7) is 3.91. The molecule has 0 aromatic carbocycles. The summed E-state index contributed by atoms with van der Waals surface area (Å²) in [5.41, 5.74) is -0.0949. The van der Waals surface area contributed by atoms with Crippen molar-refractivity contribution in [3.8, 4) is 0 Å². The predicted octanol–water partition coefficient (Wildman–Crippen LogP) is 1.50. The molecular formula is C22H30O8S. The molecule has 4 aliphatic rings. The Morgan fingerprint density at radius 2 is 1.84 bits per heavy atom. The smallest absolute Gasteiger partial charge is 0.336 e. The highest BCUT2D eigenvalue weighted by atomic mass is 32.2. The van der Waals surface area contributed by atoms with E-state index in [4.69, 9.17) is 0 Å². The lowest BCUT2D eigenvalue weighted by molar-refractivity contribution is -0.273. The summed E-state index contributed by atoms with van der Waals surface area (Å²) in [5, 5.41) is 20.2. The Morgan fingerprint density at radius 3 is 2.48 bits per heavy atom. The van der Waals surface area contributed by atoms with E-state index in [0.717, 1.165) is 18.4 Å². The quantitative estimate of drug-likeness (QED) is 0.482. The normalized spacial score (nSPS) is 40.6. The van der Waals surface area contributed by atoms with Crippen LogP contribution in [0.5, 0.6) is 0 Å². The Labute approximate surface area is 182 Å². The average molecular weight is 455 g/mol. The maximum Gasteiger partial charge on any atom is 0.356 e. The van der Waals surface area contributed by atoms with E-state index in [1.165, 1.54) is 0 Å². The molecule has 0 spiro atoms. The van der Waals surface area contributed by atoms with Crippen LogP contribution < -0.4 is 0 Å². The molecule has 4 aliphatic carbocycles. The van der Waals surface area contributed by atoms with Crippen molar-refractivity contribution < 1.29 is 37.2 Å². The van der Waals surface area contributed by atoms with Crippen LogP contribution in [0.2, 0.25) is 0 Å². The molecule has 31 heavy (non-hydrogen) atoms. The van der Waals surface area contributed by atoms with Gasteiger partial charge in [-0.3, -0.25) is 14.4 Å². The van der Waals surface area contributed by atoms with Gasteiger partial charge in [-0.05, 0) is 60.8 Å². The zero-order valence-corrected chi connectivity index (χ0v) is 18.9. The van der Waals surface area contributed by atoms with Gasteiger partial charge in [-0.15, -0.1) is 0 Å². The van der Waals surface area contributed by atoms with Crippen molar-refractivity contribution in [3.05, 3.63) is 11.6 Å². The first-order chi connectivity index (χ1) is 14.2. The Morgan fingerprint density at radius 1 is 1.16 bits per heavy atom. The molecule has 0 unspecified atom stereocenters. The van der Waals surface area contributed by atoms with Gasteiger partial charge in [0.25, 0.3) is 10.1 Å². The second kappa shape index (κ2) is 7.04. The van der Waals surface area contributed by atoms with Crippen LogP contribution in [0, 0.1) is 34.5 Å². The number of carbonyl (C=O) groups is 3. The Hall–Kier alpha value is -1.42. The van der Waals surface area contributed by atoms with Gasteiger partial charge in [0.2, 0.25) is 5.78 Å². The minimum atomic E-state index is -4.28. The number of Topliss-reactive ketones (excluding diaryl/α,β-unsaturated/α-hetero) is 2. The SMILES string of the molecule is C[C@]12CC(=O)[C@H]3[C@@H](CCC4=CC(=O)CC[C@@]43C)[C@@H]1CC[C@@H]2C(=O)C(O)(O)OS(C)(=O)=O. The van der Waals surface area contributed by atoms with Gasteiger partial charge in [0.1, 0.15) is 5.78 Å². The minimum Gasteiger partial charge on any atom is -0.336 e. The maximum atomic E-state index is 13.5. The summed E-state index contributed by atoms with van der Waals surface area (Å²) in [5.74, 6) is -5.45. The first kappa shape index (κ1) is 22.8. The van der Waals surface area contributed by atoms with Crippen molar-refractivity contribution in [1.82, 2.24) is 0 Å². The minimum absolute atomic E-state index is 0.0224. The van der Waals surface area contributed by atoms with Crippen LogP contribution in [-0.2, 0) is 28.7 Å². The average Bonchev–Trinajstić information content (AvgIpc) is 2.95. The molecule has 6 atom stereocenters. The number of carbonyl (C=O) groups excluding carboxylic acids is 3. The molecule has 4 rings (SSSR count). The number of ketones is 3. The fourth-order valence-electron chi connectivity index (χ4n) is 7.29. The Balaban J connectivity index is 1.65. The predicted molar refractivity (Wildman–Crippen MR) is 109 cm³/mol. The van der Waals surface area contributed by atoms with E-state index in [1.807, 2.05) is 6.92 Å². The number of hydrogen-bond acceptors (Lipinski definition) is 8. The number of hydrogen-bond donors (Lipinski definition) is 2. The molecule has 0 aromatic heterocycles. The summed E-state index contributed by atoms with van der Waals surface area (Å²) >= 11 is 0. The van der Waals surface area contributed by atoms with Crippen LogP contribution in [0.1, 0.15) is 58.8 Å². The van der Waals surface area contributed by atoms with E-state index >= 15 is 0 Å². The van der Waals surface area contributed by atoms with E-state index in [0.29, 0.717) is 31.9 Å². The van der Waals surface area contributed by atoms with Crippen molar-refractivity contribution in [2.75, 3.05) is 6.26 Å². The van der Waals surface area contributed by atoms with Gasteiger partial charge in [0.05, 0.1) is 6.26 Å². The molecule has 0 amide bonds. The first-order valence-electron chi connectivity index (χ1n) is 10.9. The van der Waals surface area contributed by atoms with Crippen molar-refractivity contribution in [1.29, 1.82) is 0 Å². The Bertz CT molecular complexity index is 979. The van der Waals surface area contributed by atoms with Crippen molar-refractivity contribution >= 4 is 27.5 Å². The molecule has 0 bridgehead atoms. The summed E-state index contributed by atoms with van der Waals surface area (Å²) in [4.78, 5) is 38.4. The molecular weight excluding hydrogens is 424 g/mol. The summed E-state index contributed by atoms with van der Waals surface area (Å²) in [7, 11) is -4.28. The molecule has 172 valence electrons. The number of aliphatic hydroxyl groups is 2. The van der Waals surface area contributed by atoms with E-state index in [1.54, 1.807) is 6.08 Å². The van der Waals surface area contributed by atoms with Crippen LogP contribution in [0.25, 0.3) is 0 Å². The van der Waals surface area contributed by atoms with Gasteiger partial charge in [0, 0.05) is 24.7 Å². The molecule has 9 heteroatoms. The van der Waals surface area contributed by atoms with Gasteiger partial charge in [0.15, 0.2) is 5.78 Å². The summed E-state index contributed by atoms with van der Waals surface area (Å²) < 4.78 is 27.0. The molecule has 2 N–H and O–H groups in total. The third-order valence-electron chi connectivity index (χ3n) is 8.55. The third kappa shape index (κ3) is 3.53. The van der Waals surface area contributed by atoms with E-state index in [9.17, 15) is 33.0 Å². The van der Waals surface area contributed by atoms with E-state index in [2.05, 4.69) is 11.1 Å². The standard InChI is InChI=1S/C22H30O8S/c1-20-9-8-13(23)10-12(20)4-5-14-15-6-7-16(21(15,2)11-17(24)18(14)20)19(25)22(26,27)30-31(3,28)29/h10,14-16,18,26-27H,4-9,11H2,1-3H3/t14-,15-,16+,18+,20-,21-/m0/s1. The third-order valence-corrected chi connectivity index (χ3v) is 9.09. The molecule has 8 nitrogen and oxygen atoms in total. The highest BCUT2D eigenvalue weighted by Gasteiger charge is 2.64. The number of allylic oxidation sites excluding steroid dienone is 1. The van der Waals surface area contributed by atoms with Crippen LogP contribution >= 0.6 is 0 Å². The van der Waals surface area contributed by atoms with E-state index < -0.39 is 33.2 Å². The lowest BCUT2D eigenvalue weighted by Gasteiger charge is -2.56. The van der Waals surface area contributed by atoms with Gasteiger partial charge in [-0.25, -0.2) is 4.18 Å². The van der Waals surface area contributed by atoms with E-state index in [-0.39, 0.29) is 41.2 Å². The zero-order chi connectivity index (χ0) is 23.0. The number of rotatable bonds is 4. The van der Waals surface area contributed by atoms with Gasteiger partial charge >= 0.3 is 5.97 Å². The molecule has 3 saturated carbocycles. The second-order valence-corrected chi connectivity index (χ2v) is 12.0. The van der Waals surface area contributed by atoms with Gasteiger partial charge < -0.3 is 10.2 Å². The highest BCUT2D eigenvalue weighted by Crippen LogP contribution is 2.65. The van der Waals surface area contributed by atoms with Crippen LogP contribution in [0.15, 0.2) is 11.6 Å². The van der Waals surface area contributed by atoms with Crippen LogP contribution in [0.3, 0.4) is 0 Å². The summed E-state index contributed by atoms with van der Waals surface area (Å²) in [6.07, 6.45) is 6.01. The first-order valence-corrected chi connectivity index (χ1v) is 12.7. The topological polar surface area (TPSA) is 135 Å². The van der Waals surface area contributed by atoms with Crippen molar-refractivity contribution in [2.24, 2.45) is 34.5 Å².